The Morgan fingerprint density at radius 3 is 2.70 bits per heavy atom. The van der Waals surface area contributed by atoms with Crippen LogP contribution < -0.4 is 10.5 Å². The van der Waals surface area contributed by atoms with Crippen molar-refractivity contribution in [1.29, 1.82) is 0 Å². The van der Waals surface area contributed by atoms with E-state index in [1.807, 2.05) is 6.07 Å². The van der Waals surface area contributed by atoms with Gasteiger partial charge < -0.3 is 15.2 Å². The minimum atomic E-state index is -0.492. The highest BCUT2D eigenvalue weighted by Crippen LogP contribution is 2.26. The molecule has 0 aliphatic heterocycles. The van der Waals surface area contributed by atoms with E-state index in [9.17, 15) is 4.79 Å². The van der Waals surface area contributed by atoms with E-state index in [1.54, 1.807) is 36.4 Å². The van der Waals surface area contributed by atoms with Gasteiger partial charge in [-0.3, -0.25) is 0 Å². The first-order valence-corrected chi connectivity index (χ1v) is 6.33. The lowest BCUT2D eigenvalue weighted by Gasteiger charge is -2.10. The summed E-state index contributed by atoms with van der Waals surface area (Å²) < 4.78 is 10.4. The van der Waals surface area contributed by atoms with Gasteiger partial charge in [-0.1, -0.05) is 29.8 Å². The Kier molecular flexibility index (Phi) is 4.48. The quantitative estimate of drug-likeness (QED) is 0.693. The first-order valence-electron chi connectivity index (χ1n) is 5.96. The fourth-order valence-electron chi connectivity index (χ4n) is 1.80. The van der Waals surface area contributed by atoms with E-state index in [0.717, 1.165) is 5.56 Å². The molecule has 2 N–H and O–H groups in total. The largest absolute Gasteiger partial charge is 0.494 e. The number of anilines is 1. The molecule has 5 heteroatoms. The lowest BCUT2D eigenvalue weighted by Crippen LogP contribution is -2.08. The molecule has 0 spiro atoms. The molecule has 0 fully saturated rings. The standard InChI is InChI=1S/C15H14ClNO3/c1-19-14-12(6-3-7-13(14)17)15(18)20-9-10-4-2-5-11(16)8-10/h2-8H,9,17H2,1H3. The summed E-state index contributed by atoms with van der Waals surface area (Å²) in [7, 11) is 1.46. The van der Waals surface area contributed by atoms with Crippen LogP contribution in [-0.4, -0.2) is 13.1 Å². The van der Waals surface area contributed by atoms with Crippen molar-refractivity contribution in [3.8, 4) is 5.75 Å². The number of nitrogens with two attached hydrogens (primary N) is 1. The van der Waals surface area contributed by atoms with E-state index in [0.29, 0.717) is 22.0 Å². The number of methoxy groups -OCH3 is 1. The van der Waals surface area contributed by atoms with E-state index < -0.39 is 5.97 Å². The van der Waals surface area contributed by atoms with Gasteiger partial charge in [0.25, 0.3) is 0 Å². The fraction of sp³-hybridized carbons (Fsp3) is 0.133. The van der Waals surface area contributed by atoms with Crippen molar-refractivity contribution in [2.75, 3.05) is 12.8 Å². The van der Waals surface area contributed by atoms with Crippen LogP contribution in [0.3, 0.4) is 0 Å². The lowest BCUT2D eigenvalue weighted by atomic mass is 10.1. The van der Waals surface area contributed by atoms with Gasteiger partial charge >= 0.3 is 5.97 Å². The third-order valence-corrected chi connectivity index (χ3v) is 2.96. The molecule has 0 saturated carbocycles. The third-order valence-electron chi connectivity index (χ3n) is 2.73. The molecule has 2 aromatic rings. The maximum Gasteiger partial charge on any atom is 0.342 e. The van der Waals surface area contributed by atoms with E-state index in [4.69, 9.17) is 26.8 Å². The van der Waals surface area contributed by atoms with Crippen LogP contribution in [0.1, 0.15) is 15.9 Å². The number of rotatable bonds is 4. The summed E-state index contributed by atoms with van der Waals surface area (Å²) in [5.41, 5.74) is 7.25. The molecule has 0 unspecified atom stereocenters. The number of para-hydroxylation sites is 1. The van der Waals surface area contributed by atoms with E-state index in [2.05, 4.69) is 0 Å². The summed E-state index contributed by atoms with van der Waals surface area (Å²) in [5, 5.41) is 0.597. The molecule has 104 valence electrons. The van der Waals surface area contributed by atoms with Crippen LogP contribution in [-0.2, 0) is 11.3 Å². The molecule has 0 radical (unpaired) electrons. The van der Waals surface area contributed by atoms with Gasteiger partial charge in [-0.05, 0) is 29.8 Å². The molecule has 2 rings (SSSR count). The zero-order valence-electron chi connectivity index (χ0n) is 10.9. The molecular weight excluding hydrogens is 278 g/mol. The minimum Gasteiger partial charge on any atom is -0.494 e. The monoisotopic (exact) mass is 291 g/mol. The Balaban J connectivity index is 2.11. The summed E-state index contributed by atoms with van der Waals surface area (Å²) in [6.07, 6.45) is 0. The second kappa shape index (κ2) is 6.30. The number of hydrogen-bond donors (Lipinski definition) is 1. The van der Waals surface area contributed by atoms with Crippen LogP contribution in [0, 0.1) is 0 Å². The summed E-state index contributed by atoms with van der Waals surface area (Å²) in [6, 6.07) is 12.1. The van der Waals surface area contributed by atoms with Crippen LogP contribution in [0.25, 0.3) is 0 Å². The van der Waals surface area contributed by atoms with Gasteiger partial charge in [0.05, 0.1) is 12.8 Å². The van der Waals surface area contributed by atoms with Crippen molar-refractivity contribution in [1.82, 2.24) is 0 Å². The number of esters is 1. The average molecular weight is 292 g/mol. The first-order chi connectivity index (χ1) is 9.61. The molecule has 0 aliphatic carbocycles. The predicted octanol–water partition coefficient (Wildman–Crippen LogP) is 3.29. The summed E-state index contributed by atoms with van der Waals surface area (Å²) in [4.78, 5) is 12.0. The molecule has 0 saturated heterocycles. The van der Waals surface area contributed by atoms with Crippen LogP contribution in [0.4, 0.5) is 5.69 Å². The van der Waals surface area contributed by atoms with Crippen molar-refractivity contribution in [2.24, 2.45) is 0 Å². The Labute approximate surface area is 122 Å². The van der Waals surface area contributed by atoms with Crippen LogP contribution in [0.5, 0.6) is 5.75 Å². The Bertz CT molecular complexity index is 628. The molecule has 0 aromatic heterocycles. The van der Waals surface area contributed by atoms with Crippen molar-refractivity contribution in [2.45, 2.75) is 6.61 Å². The first kappa shape index (κ1) is 14.2. The number of carbonyl (C=O) groups is 1. The smallest absolute Gasteiger partial charge is 0.342 e. The minimum absolute atomic E-state index is 0.136. The second-order valence-corrected chi connectivity index (χ2v) is 4.57. The number of ether oxygens (including phenoxy) is 2. The van der Waals surface area contributed by atoms with Gasteiger partial charge in [0.1, 0.15) is 12.2 Å². The highest BCUT2D eigenvalue weighted by Gasteiger charge is 2.15. The van der Waals surface area contributed by atoms with Gasteiger partial charge in [0.15, 0.2) is 5.75 Å². The summed E-state index contributed by atoms with van der Waals surface area (Å²) in [5.74, 6) is -0.169. The van der Waals surface area contributed by atoms with Gasteiger partial charge in [-0.2, -0.15) is 0 Å². The van der Waals surface area contributed by atoms with Gasteiger partial charge in [0, 0.05) is 5.02 Å². The molecule has 4 nitrogen and oxygen atoms in total. The number of nitrogen functional groups attached to an aromatic ring is 1. The molecule has 0 heterocycles. The maximum atomic E-state index is 12.0. The van der Waals surface area contributed by atoms with E-state index in [1.165, 1.54) is 7.11 Å². The Hall–Kier alpha value is -2.20. The van der Waals surface area contributed by atoms with Crippen molar-refractivity contribution >= 4 is 23.3 Å². The third kappa shape index (κ3) is 3.22. The lowest BCUT2D eigenvalue weighted by molar-refractivity contribution is 0.0469. The predicted molar refractivity (Wildman–Crippen MR) is 78.0 cm³/mol. The molecule has 0 atom stereocenters. The molecule has 0 bridgehead atoms. The Morgan fingerprint density at radius 1 is 1.25 bits per heavy atom. The van der Waals surface area contributed by atoms with Crippen LogP contribution >= 0.6 is 11.6 Å². The van der Waals surface area contributed by atoms with E-state index in [-0.39, 0.29) is 6.61 Å². The second-order valence-electron chi connectivity index (χ2n) is 4.13. The van der Waals surface area contributed by atoms with Crippen molar-refractivity contribution in [3.05, 3.63) is 58.6 Å². The highest BCUT2D eigenvalue weighted by atomic mass is 35.5. The number of hydrogen-bond acceptors (Lipinski definition) is 4. The maximum absolute atomic E-state index is 12.0. The van der Waals surface area contributed by atoms with Gasteiger partial charge in [0.2, 0.25) is 0 Å². The van der Waals surface area contributed by atoms with Gasteiger partial charge in [-0.15, -0.1) is 0 Å². The Morgan fingerprint density at radius 2 is 2.00 bits per heavy atom. The molecule has 0 aliphatic rings. The SMILES string of the molecule is COc1c(N)cccc1C(=O)OCc1cccc(Cl)c1. The average Bonchev–Trinajstić information content (AvgIpc) is 2.44. The van der Waals surface area contributed by atoms with Crippen molar-refractivity contribution < 1.29 is 14.3 Å². The fourth-order valence-corrected chi connectivity index (χ4v) is 2.01. The number of carbonyl (C=O) groups excluding carboxylic acids is 1. The van der Waals surface area contributed by atoms with E-state index >= 15 is 0 Å². The van der Waals surface area contributed by atoms with Crippen molar-refractivity contribution in [3.63, 3.8) is 0 Å². The zero-order chi connectivity index (χ0) is 14.5. The molecule has 20 heavy (non-hydrogen) atoms. The number of benzene rings is 2. The highest BCUT2D eigenvalue weighted by molar-refractivity contribution is 6.30. The molecule has 2 aromatic carbocycles. The summed E-state index contributed by atoms with van der Waals surface area (Å²) in [6.45, 7) is 0.136. The topological polar surface area (TPSA) is 61.5 Å². The molecule has 0 amide bonds. The zero-order valence-corrected chi connectivity index (χ0v) is 11.7. The van der Waals surface area contributed by atoms with Crippen LogP contribution in [0.2, 0.25) is 5.02 Å². The number of halogens is 1. The van der Waals surface area contributed by atoms with Crippen LogP contribution in [0.15, 0.2) is 42.5 Å². The molecular formula is C15H14ClNO3. The normalized spacial score (nSPS) is 10.1. The summed E-state index contributed by atoms with van der Waals surface area (Å²) >= 11 is 5.87. The van der Waals surface area contributed by atoms with Gasteiger partial charge in [-0.25, -0.2) is 4.79 Å².